The zero-order valence-electron chi connectivity index (χ0n) is 7.77. The van der Waals surface area contributed by atoms with Gasteiger partial charge >= 0.3 is 6.18 Å². The van der Waals surface area contributed by atoms with E-state index in [4.69, 9.17) is 5.73 Å². The second-order valence-electron chi connectivity index (χ2n) is 3.12. The van der Waals surface area contributed by atoms with Crippen molar-refractivity contribution >= 4 is 11.3 Å². The predicted octanol–water partition coefficient (Wildman–Crippen LogP) is 3.05. The van der Waals surface area contributed by atoms with Gasteiger partial charge in [0.2, 0.25) is 0 Å². The Hall–Kier alpha value is -0.550. The molecule has 0 radical (unpaired) electrons. The van der Waals surface area contributed by atoms with Crippen molar-refractivity contribution in [1.82, 2.24) is 0 Å². The number of hydrogen-bond donors (Lipinski definition) is 1. The molecule has 1 unspecified atom stereocenters. The van der Waals surface area contributed by atoms with E-state index in [2.05, 4.69) is 0 Å². The lowest BCUT2D eigenvalue weighted by Gasteiger charge is -2.17. The summed E-state index contributed by atoms with van der Waals surface area (Å²) in [4.78, 5) is 1.26. The normalized spacial score (nSPS) is 14.4. The second-order valence-corrected chi connectivity index (χ2v) is 4.44. The van der Waals surface area contributed by atoms with Crippen LogP contribution >= 0.6 is 11.3 Å². The molecular formula is C9H12F3NS. The topological polar surface area (TPSA) is 26.0 Å². The van der Waals surface area contributed by atoms with Crippen molar-refractivity contribution < 1.29 is 13.2 Å². The molecule has 0 amide bonds. The van der Waals surface area contributed by atoms with Crippen LogP contribution in [-0.2, 0) is 0 Å². The molecule has 0 aromatic carbocycles. The fraction of sp³-hybridized carbons (Fsp3) is 0.556. The van der Waals surface area contributed by atoms with E-state index in [-0.39, 0.29) is 13.0 Å². The van der Waals surface area contributed by atoms with Gasteiger partial charge in [-0.05, 0) is 32.0 Å². The van der Waals surface area contributed by atoms with E-state index in [1.54, 1.807) is 13.0 Å². The maximum Gasteiger partial charge on any atom is 0.396 e. The predicted molar refractivity (Wildman–Crippen MR) is 51.5 cm³/mol. The minimum Gasteiger partial charge on any atom is -0.330 e. The molecule has 2 N–H and O–H groups in total. The third kappa shape index (κ3) is 2.72. The summed E-state index contributed by atoms with van der Waals surface area (Å²) in [5.74, 6) is -1.40. The number of alkyl halides is 3. The Morgan fingerprint density at radius 3 is 2.43 bits per heavy atom. The summed E-state index contributed by atoms with van der Waals surface area (Å²) in [6.45, 7) is 1.85. The van der Waals surface area contributed by atoms with Gasteiger partial charge in [0.15, 0.2) is 0 Å². The number of rotatable bonds is 3. The molecule has 0 aliphatic heterocycles. The molecule has 1 heterocycles. The van der Waals surface area contributed by atoms with Crippen molar-refractivity contribution in [3.8, 4) is 0 Å². The summed E-state index contributed by atoms with van der Waals surface area (Å²) in [5.41, 5.74) is 5.17. The summed E-state index contributed by atoms with van der Waals surface area (Å²) < 4.78 is 37.7. The molecule has 14 heavy (non-hydrogen) atoms. The van der Waals surface area contributed by atoms with Crippen LogP contribution < -0.4 is 5.73 Å². The summed E-state index contributed by atoms with van der Waals surface area (Å²) in [6.07, 6.45) is -4.22. The van der Waals surface area contributed by atoms with Gasteiger partial charge in [-0.2, -0.15) is 13.2 Å². The highest BCUT2D eigenvalue weighted by molar-refractivity contribution is 7.12. The first kappa shape index (κ1) is 11.5. The number of hydrogen-bond acceptors (Lipinski definition) is 2. The van der Waals surface area contributed by atoms with Gasteiger partial charge in [-0.25, -0.2) is 0 Å². The Labute approximate surface area is 84.7 Å². The Balaban J connectivity index is 2.88. The molecule has 1 atom stereocenters. The van der Waals surface area contributed by atoms with Gasteiger partial charge in [0.25, 0.3) is 0 Å². The Morgan fingerprint density at radius 1 is 1.43 bits per heavy atom. The molecule has 0 aliphatic carbocycles. The summed E-state index contributed by atoms with van der Waals surface area (Å²) in [6, 6.07) is 3.24. The molecule has 0 fully saturated rings. The maximum atomic E-state index is 12.6. The van der Waals surface area contributed by atoms with Crippen LogP contribution in [0.1, 0.15) is 22.1 Å². The number of nitrogens with two attached hydrogens (primary N) is 1. The van der Waals surface area contributed by atoms with Crippen LogP contribution in [0.5, 0.6) is 0 Å². The maximum absolute atomic E-state index is 12.6. The second kappa shape index (κ2) is 4.31. The molecule has 0 aliphatic rings. The van der Waals surface area contributed by atoms with Gasteiger partial charge in [-0.3, -0.25) is 0 Å². The average Bonchev–Trinajstić information content (AvgIpc) is 2.45. The van der Waals surface area contributed by atoms with Crippen LogP contribution in [0.2, 0.25) is 0 Å². The van der Waals surface area contributed by atoms with Crippen molar-refractivity contribution in [3.63, 3.8) is 0 Å². The largest absolute Gasteiger partial charge is 0.396 e. The van der Waals surface area contributed by atoms with E-state index in [9.17, 15) is 13.2 Å². The molecule has 1 rings (SSSR count). The van der Waals surface area contributed by atoms with Crippen LogP contribution in [0.3, 0.4) is 0 Å². The zero-order chi connectivity index (χ0) is 10.8. The van der Waals surface area contributed by atoms with E-state index in [1.807, 2.05) is 0 Å². The summed E-state index contributed by atoms with van der Waals surface area (Å²) in [5, 5.41) is 0. The number of halogens is 3. The number of thiophene rings is 1. The molecule has 1 aromatic heterocycles. The van der Waals surface area contributed by atoms with Gasteiger partial charge in [0.05, 0.1) is 5.92 Å². The van der Waals surface area contributed by atoms with Crippen molar-refractivity contribution in [2.45, 2.75) is 25.4 Å². The van der Waals surface area contributed by atoms with E-state index in [0.29, 0.717) is 4.88 Å². The summed E-state index contributed by atoms with van der Waals surface area (Å²) in [7, 11) is 0. The Bertz CT molecular complexity index is 292. The van der Waals surface area contributed by atoms with Crippen molar-refractivity contribution in [2.75, 3.05) is 6.54 Å². The van der Waals surface area contributed by atoms with Crippen LogP contribution in [0.4, 0.5) is 13.2 Å². The van der Waals surface area contributed by atoms with Crippen LogP contribution in [0.15, 0.2) is 12.1 Å². The van der Waals surface area contributed by atoms with Gasteiger partial charge in [-0.1, -0.05) is 0 Å². The van der Waals surface area contributed by atoms with Crippen molar-refractivity contribution in [2.24, 2.45) is 5.73 Å². The first-order valence-corrected chi connectivity index (χ1v) is 5.10. The highest BCUT2D eigenvalue weighted by Crippen LogP contribution is 2.39. The fourth-order valence-corrected chi connectivity index (χ4v) is 2.31. The lowest BCUT2D eigenvalue weighted by Crippen LogP contribution is -2.22. The average molecular weight is 223 g/mol. The van der Waals surface area contributed by atoms with Crippen LogP contribution in [-0.4, -0.2) is 12.7 Å². The smallest absolute Gasteiger partial charge is 0.330 e. The lowest BCUT2D eigenvalue weighted by molar-refractivity contribution is -0.150. The van der Waals surface area contributed by atoms with Crippen molar-refractivity contribution in [1.29, 1.82) is 0 Å². The Morgan fingerprint density at radius 2 is 2.07 bits per heavy atom. The van der Waals surface area contributed by atoms with Gasteiger partial charge in [-0.15, -0.1) is 11.3 Å². The molecule has 0 spiro atoms. The standard InChI is InChI=1S/C9H12F3NS/c1-6-2-3-8(14-6)7(4-5-13)9(10,11)12/h2-3,7H,4-5,13H2,1H3. The van der Waals surface area contributed by atoms with E-state index < -0.39 is 12.1 Å². The van der Waals surface area contributed by atoms with Gasteiger partial charge < -0.3 is 5.73 Å². The molecule has 0 saturated carbocycles. The fourth-order valence-electron chi connectivity index (χ4n) is 1.27. The van der Waals surface area contributed by atoms with Crippen LogP contribution in [0.25, 0.3) is 0 Å². The van der Waals surface area contributed by atoms with E-state index >= 15 is 0 Å². The van der Waals surface area contributed by atoms with E-state index in [0.717, 1.165) is 4.88 Å². The SMILES string of the molecule is Cc1ccc(C(CCN)C(F)(F)F)s1. The van der Waals surface area contributed by atoms with Gasteiger partial charge in [0, 0.05) is 9.75 Å². The minimum atomic E-state index is -4.18. The third-order valence-corrected chi connectivity index (χ3v) is 3.07. The van der Waals surface area contributed by atoms with Gasteiger partial charge in [0.1, 0.15) is 0 Å². The number of aryl methyl sites for hydroxylation is 1. The van der Waals surface area contributed by atoms with Crippen molar-refractivity contribution in [3.05, 3.63) is 21.9 Å². The minimum absolute atomic E-state index is 0.0382. The first-order valence-electron chi connectivity index (χ1n) is 4.28. The molecular weight excluding hydrogens is 211 g/mol. The lowest BCUT2D eigenvalue weighted by atomic mass is 10.0. The third-order valence-electron chi connectivity index (χ3n) is 1.96. The molecule has 0 bridgehead atoms. The Kier molecular flexibility index (Phi) is 3.55. The monoisotopic (exact) mass is 223 g/mol. The summed E-state index contributed by atoms with van der Waals surface area (Å²) >= 11 is 1.19. The van der Waals surface area contributed by atoms with E-state index in [1.165, 1.54) is 17.4 Å². The first-order chi connectivity index (χ1) is 6.45. The quantitative estimate of drug-likeness (QED) is 0.837. The molecule has 5 heteroatoms. The highest BCUT2D eigenvalue weighted by Gasteiger charge is 2.40. The zero-order valence-corrected chi connectivity index (χ0v) is 8.58. The molecule has 1 nitrogen and oxygen atoms in total. The van der Waals surface area contributed by atoms with Crippen LogP contribution in [0, 0.1) is 6.92 Å². The molecule has 80 valence electrons. The molecule has 0 saturated heterocycles. The highest BCUT2D eigenvalue weighted by atomic mass is 32.1. The molecule has 1 aromatic rings.